The molecule has 2 atom stereocenters. The Morgan fingerprint density at radius 1 is 1.35 bits per heavy atom. The predicted molar refractivity (Wildman–Crippen MR) is 71.3 cm³/mol. The maximum absolute atomic E-state index is 12.2. The summed E-state index contributed by atoms with van der Waals surface area (Å²) in [5.41, 5.74) is 13.8. The van der Waals surface area contributed by atoms with E-state index in [0.29, 0.717) is 24.1 Å². The van der Waals surface area contributed by atoms with Crippen molar-refractivity contribution in [2.45, 2.75) is 31.1 Å². The molecule has 0 spiro atoms. The van der Waals surface area contributed by atoms with Gasteiger partial charge in [-0.2, -0.15) is 13.2 Å². The molecule has 0 fully saturated rings. The van der Waals surface area contributed by atoms with Gasteiger partial charge in [-0.1, -0.05) is 12.1 Å². The fourth-order valence-corrected chi connectivity index (χ4v) is 2.33. The van der Waals surface area contributed by atoms with Crippen LogP contribution in [0.1, 0.15) is 23.6 Å². The lowest BCUT2D eigenvalue weighted by atomic mass is 9.83. The molecule has 0 aromatic heterocycles. The van der Waals surface area contributed by atoms with Gasteiger partial charge in [-0.25, -0.2) is 0 Å². The molecule has 1 unspecified atom stereocenters. The van der Waals surface area contributed by atoms with E-state index >= 15 is 0 Å². The number of amides is 1. The standard InChI is InChI=1S/C12H14F3N3O.ClH/c13-12(14,15)11(19)18-9-5-4-6-7(10(9)17)2-1-3-8(6)16;/h1-3,9-10H,4-5,16-17H2,(H,18,19);1H/t9?,10-;/m1./s1. The predicted octanol–water partition coefficient (Wildman–Crippen LogP) is 1.68. The summed E-state index contributed by atoms with van der Waals surface area (Å²) in [5.74, 6) is -1.96. The fraction of sp³-hybridized carbons (Fsp3) is 0.417. The zero-order chi connectivity index (χ0) is 14.2. The van der Waals surface area contributed by atoms with Crippen LogP contribution < -0.4 is 16.8 Å². The molecule has 1 aromatic rings. The van der Waals surface area contributed by atoms with Crippen molar-refractivity contribution in [1.29, 1.82) is 0 Å². The van der Waals surface area contributed by atoms with Gasteiger partial charge in [0.2, 0.25) is 0 Å². The highest BCUT2D eigenvalue weighted by molar-refractivity contribution is 5.85. The minimum Gasteiger partial charge on any atom is -0.398 e. The van der Waals surface area contributed by atoms with Crippen molar-refractivity contribution >= 4 is 24.0 Å². The zero-order valence-electron chi connectivity index (χ0n) is 10.4. The van der Waals surface area contributed by atoms with Crippen LogP contribution in [0, 0.1) is 0 Å². The Kier molecular flexibility index (Phi) is 4.88. The van der Waals surface area contributed by atoms with Crippen LogP contribution in [0.2, 0.25) is 0 Å². The number of alkyl halides is 3. The molecule has 0 aliphatic heterocycles. The fourth-order valence-electron chi connectivity index (χ4n) is 2.33. The number of nitrogens with one attached hydrogen (secondary N) is 1. The number of nitrogen functional groups attached to an aromatic ring is 1. The maximum Gasteiger partial charge on any atom is 0.471 e. The van der Waals surface area contributed by atoms with Gasteiger partial charge in [0.15, 0.2) is 0 Å². The molecule has 1 amide bonds. The van der Waals surface area contributed by atoms with Gasteiger partial charge in [0.05, 0.1) is 6.04 Å². The number of nitrogens with two attached hydrogens (primary N) is 2. The van der Waals surface area contributed by atoms with E-state index in [0.717, 1.165) is 5.56 Å². The quantitative estimate of drug-likeness (QED) is 0.690. The molecular weight excluding hydrogens is 295 g/mol. The van der Waals surface area contributed by atoms with Crippen molar-refractivity contribution < 1.29 is 18.0 Å². The lowest BCUT2D eigenvalue weighted by Gasteiger charge is -2.32. The first-order valence-corrected chi connectivity index (χ1v) is 5.81. The summed E-state index contributed by atoms with van der Waals surface area (Å²) < 4.78 is 36.7. The average molecular weight is 310 g/mol. The van der Waals surface area contributed by atoms with E-state index in [4.69, 9.17) is 11.5 Å². The third-order valence-electron chi connectivity index (χ3n) is 3.32. The smallest absolute Gasteiger partial charge is 0.398 e. The lowest BCUT2D eigenvalue weighted by molar-refractivity contribution is -0.174. The van der Waals surface area contributed by atoms with Crippen molar-refractivity contribution in [2.75, 3.05) is 5.73 Å². The topological polar surface area (TPSA) is 81.1 Å². The van der Waals surface area contributed by atoms with E-state index in [1.807, 2.05) is 5.32 Å². The average Bonchev–Trinajstić information content (AvgIpc) is 2.32. The lowest BCUT2D eigenvalue weighted by Crippen LogP contribution is -2.49. The van der Waals surface area contributed by atoms with Crippen LogP contribution in [-0.2, 0) is 11.2 Å². The van der Waals surface area contributed by atoms with Crippen LogP contribution >= 0.6 is 12.4 Å². The molecule has 4 nitrogen and oxygen atoms in total. The van der Waals surface area contributed by atoms with Crippen molar-refractivity contribution in [2.24, 2.45) is 5.73 Å². The number of halogens is 4. The molecule has 1 aliphatic rings. The van der Waals surface area contributed by atoms with Crippen LogP contribution in [0.5, 0.6) is 0 Å². The molecular formula is C12H15ClF3N3O. The molecule has 0 bridgehead atoms. The molecule has 2 rings (SSSR count). The number of carbonyl (C=O) groups is 1. The molecule has 0 heterocycles. The summed E-state index contributed by atoms with van der Waals surface area (Å²) in [7, 11) is 0. The second-order valence-corrected chi connectivity index (χ2v) is 4.56. The van der Waals surface area contributed by atoms with E-state index in [1.165, 1.54) is 0 Å². The highest BCUT2D eigenvalue weighted by Crippen LogP contribution is 2.32. The number of benzene rings is 1. The second-order valence-electron chi connectivity index (χ2n) is 4.56. The molecule has 1 aromatic carbocycles. The van der Waals surface area contributed by atoms with Crippen LogP contribution in [0.25, 0.3) is 0 Å². The van der Waals surface area contributed by atoms with E-state index in [2.05, 4.69) is 0 Å². The van der Waals surface area contributed by atoms with Gasteiger partial charge in [0, 0.05) is 11.7 Å². The van der Waals surface area contributed by atoms with Crippen LogP contribution in [0.15, 0.2) is 18.2 Å². The maximum atomic E-state index is 12.2. The summed E-state index contributed by atoms with van der Waals surface area (Å²) in [5, 5.41) is 1.94. The van der Waals surface area contributed by atoms with E-state index in [9.17, 15) is 18.0 Å². The molecule has 1 aliphatic carbocycles. The third kappa shape index (κ3) is 3.16. The molecule has 8 heteroatoms. The van der Waals surface area contributed by atoms with Crippen LogP contribution in [-0.4, -0.2) is 18.1 Å². The first-order chi connectivity index (χ1) is 8.80. The largest absolute Gasteiger partial charge is 0.471 e. The van der Waals surface area contributed by atoms with Gasteiger partial charge >= 0.3 is 12.1 Å². The summed E-state index contributed by atoms with van der Waals surface area (Å²) in [6, 6.07) is 3.73. The van der Waals surface area contributed by atoms with Crippen molar-refractivity contribution in [1.82, 2.24) is 5.32 Å². The minimum absolute atomic E-state index is 0. The summed E-state index contributed by atoms with van der Waals surface area (Å²) >= 11 is 0. The number of hydrogen-bond acceptors (Lipinski definition) is 3. The number of fused-ring (bicyclic) bond motifs is 1. The molecule has 5 N–H and O–H groups in total. The second kappa shape index (κ2) is 5.88. The zero-order valence-corrected chi connectivity index (χ0v) is 11.2. The monoisotopic (exact) mass is 309 g/mol. The summed E-state index contributed by atoms with van der Waals surface area (Å²) in [6.07, 6.45) is -4.06. The molecule has 0 saturated heterocycles. The van der Waals surface area contributed by atoms with E-state index in [-0.39, 0.29) is 12.4 Å². The van der Waals surface area contributed by atoms with Crippen LogP contribution in [0.4, 0.5) is 18.9 Å². The van der Waals surface area contributed by atoms with Gasteiger partial charge in [-0.3, -0.25) is 4.79 Å². The Balaban J connectivity index is 0.00000200. The van der Waals surface area contributed by atoms with E-state index in [1.54, 1.807) is 18.2 Å². The first-order valence-electron chi connectivity index (χ1n) is 5.81. The number of rotatable bonds is 1. The molecule has 0 saturated carbocycles. The van der Waals surface area contributed by atoms with E-state index < -0.39 is 24.2 Å². The van der Waals surface area contributed by atoms with Gasteiger partial charge in [0.1, 0.15) is 0 Å². The highest BCUT2D eigenvalue weighted by Gasteiger charge is 2.41. The minimum atomic E-state index is -4.89. The Bertz CT molecular complexity index is 507. The van der Waals surface area contributed by atoms with Crippen molar-refractivity contribution in [3.8, 4) is 0 Å². The Morgan fingerprint density at radius 2 is 2.00 bits per heavy atom. The van der Waals surface area contributed by atoms with Gasteiger partial charge < -0.3 is 16.8 Å². The normalized spacial score (nSPS) is 21.6. The number of anilines is 1. The summed E-state index contributed by atoms with van der Waals surface area (Å²) in [4.78, 5) is 10.9. The van der Waals surface area contributed by atoms with Gasteiger partial charge in [0.25, 0.3) is 0 Å². The Morgan fingerprint density at radius 3 is 2.60 bits per heavy atom. The molecule has 112 valence electrons. The van der Waals surface area contributed by atoms with Crippen LogP contribution in [0.3, 0.4) is 0 Å². The highest BCUT2D eigenvalue weighted by atomic mass is 35.5. The Labute approximate surface area is 120 Å². The Hall–Kier alpha value is -1.47. The summed E-state index contributed by atoms with van der Waals surface area (Å²) in [6.45, 7) is 0. The van der Waals surface area contributed by atoms with Gasteiger partial charge in [-0.15, -0.1) is 12.4 Å². The first kappa shape index (κ1) is 16.6. The third-order valence-corrected chi connectivity index (χ3v) is 3.32. The SMILES string of the molecule is Cl.Nc1cccc2c1CCC(NC(=O)C(F)(F)F)[C@@H]2N. The van der Waals surface area contributed by atoms with Gasteiger partial charge in [-0.05, 0) is 30.0 Å². The molecule has 20 heavy (non-hydrogen) atoms. The number of carbonyl (C=O) groups excluding carboxylic acids is 1. The number of hydrogen-bond donors (Lipinski definition) is 3. The van der Waals surface area contributed by atoms with Crippen molar-refractivity contribution in [3.63, 3.8) is 0 Å². The molecule has 0 radical (unpaired) electrons. The van der Waals surface area contributed by atoms with Crippen molar-refractivity contribution in [3.05, 3.63) is 29.3 Å².